The zero-order chi connectivity index (χ0) is 15.7. The minimum absolute atomic E-state index is 0.0217. The molecule has 9 heteroatoms. The molecule has 0 bridgehead atoms. The molecular weight excluding hydrogens is 325 g/mol. The molecule has 1 N–H and O–H groups in total. The highest BCUT2D eigenvalue weighted by Gasteiger charge is 2.45. The molecule has 120 valence electrons. The monoisotopic (exact) mass is 342 g/mol. The molecule has 1 aromatic rings. The fourth-order valence-electron chi connectivity index (χ4n) is 1.91. The summed E-state index contributed by atoms with van der Waals surface area (Å²) >= 11 is 1.02. The normalized spacial score (nSPS) is 16.6. The molecule has 21 heavy (non-hydrogen) atoms. The second-order valence-electron chi connectivity index (χ2n) is 4.90. The van der Waals surface area contributed by atoms with Crippen LogP contribution in [0.25, 0.3) is 0 Å². The Bertz CT molecular complexity index is 580. The Kier molecular flexibility index (Phi) is 4.96. The van der Waals surface area contributed by atoms with Crippen LogP contribution in [0.5, 0.6) is 0 Å². The molecule has 1 fully saturated rings. The van der Waals surface area contributed by atoms with Gasteiger partial charge in [0, 0.05) is 17.5 Å². The average Bonchev–Trinajstić information content (AvgIpc) is 3.10. The van der Waals surface area contributed by atoms with E-state index in [1.165, 1.54) is 6.07 Å². The van der Waals surface area contributed by atoms with Crippen LogP contribution in [0, 0.1) is 0 Å². The van der Waals surface area contributed by atoms with Gasteiger partial charge in [-0.1, -0.05) is 6.92 Å². The van der Waals surface area contributed by atoms with E-state index in [1.807, 2.05) is 6.92 Å². The maximum atomic E-state index is 12.6. The molecule has 0 spiro atoms. The molecule has 1 aromatic heterocycles. The fourth-order valence-corrected chi connectivity index (χ4v) is 5.03. The second-order valence-corrected chi connectivity index (χ2v) is 8.18. The lowest BCUT2D eigenvalue weighted by molar-refractivity contribution is -0.136. The number of thiophene rings is 1. The Morgan fingerprint density at radius 2 is 2.05 bits per heavy atom. The SMILES string of the molecule is CCNCc1ccc(S(=O)(=O)N(CC(F)(F)F)C2CC2)s1. The molecule has 0 radical (unpaired) electrons. The molecule has 1 saturated carbocycles. The molecule has 0 amide bonds. The number of sulfonamides is 1. The van der Waals surface area contributed by atoms with Crippen LogP contribution >= 0.6 is 11.3 Å². The van der Waals surface area contributed by atoms with Crippen molar-refractivity contribution in [1.82, 2.24) is 9.62 Å². The van der Waals surface area contributed by atoms with Gasteiger partial charge in [0.1, 0.15) is 10.8 Å². The van der Waals surface area contributed by atoms with Gasteiger partial charge in [-0.15, -0.1) is 11.3 Å². The van der Waals surface area contributed by atoms with Gasteiger partial charge >= 0.3 is 6.18 Å². The summed E-state index contributed by atoms with van der Waals surface area (Å²) < 4.78 is 63.2. The number of alkyl halides is 3. The predicted molar refractivity (Wildman–Crippen MR) is 74.7 cm³/mol. The van der Waals surface area contributed by atoms with Crippen LogP contribution in [0.1, 0.15) is 24.6 Å². The molecule has 0 aromatic carbocycles. The number of nitrogens with zero attached hydrogens (tertiary/aromatic N) is 1. The molecule has 0 aliphatic heterocycles. The Morgan fingerprint density at radius 1 is 1.38 bits per heavy atom. The van der Waals surface area contributed by atoms with Crippen molar-refractivity contribution in [3.8, 4) is 0 Å². The quantitative estimate of drug-likeness (QED) is 0.829. The van der Waals surface area contributed by atoms with E-state index in [-0.39, 0.29) is 4.21 Å². The second kappa shape index (κ2) is 6.23. The third-order valence-electron chi connectivity index (χ3n) is 3.04. The lowest BCUT2D eigenvalue weighted by atomic mass is 10.4. The van der Waals surface area contributed by atoms with Crippen molar-refractivity contribution < 1.29 is 21.6 Å². The maximum Gasteiger partial charge on any atom is 0.402 e. The number of hydrogen-bond donors (Lipinski definition) is 1. The van der Waals surface area contributed by atoms with Crippen LogP contribution in [0.4, 0.5) is 13.2 Å². The zero-order valence-electron chi connectivity index (χ0n) is 11.5. The van der Waals surface area contributed by atoms with Crippen molar-refractivity contribution in [2.45, 2.75) is 42.7 Å². The van der Waals surface area contributed by atoms with E-state index in [4.69, 9.17) is 0 Å². The summed E-state index contributed by atoms with van der Waals surface area (Å²) in [4.78, 5) is 0.790. The molecular formula is C12H17F3N2O2S2. The van der Waals surface area contributed by atoms with Crippen LogP contribution in [0.15, 0.2) is 16.3 Å². The predicted octanol–water partition coefficient (Wildman–Crippen LogP) is 2.57. The first-order chi connectivity index (χ1) is 9.74. The molecule has 0 saturated heterocycles. The molecule has 4 nitrogen and oxygen atoms in total. The summed E-state index contributed by atoms with van der Waals surface area (Å²) in [5.74, 6) is 0. The lowest BCUT2D eigenvalue weighted by Gasteiger charge is -2.22. The average molecular weight is 342 g/mol. The third-order valence-corrected chi connectivity index (χ3v) is 6.49. The highest BCUT2D eigenvalue weighted by Crippen LogP contribution is 2.36. The Hall–Kier alpha value is -0.640. The minimum Gasteiger partial charge on any atom is -0.312 e. The van der Waals surface area contributed by atoms with Gasteiger partial charge in [0.15, 0.2) is 0 Å². The number of rotatable bonds is 7. The molecule has 1 heterocycles. The highest BCUT2D eigenvalue weighted by atomic mass is 32.2. The van der Waals surface area contributed by atoms with Gasteiger partial charge in [0.05, 0.1) is 0 Å². The Labute approximate surface area is 126 Å². The van der Waals surface area contributed by atoms with Crippen molar-refractivity contribution in [1.29, 1.82) is 0 Å². The first-order valence-electron chi connectivity index (χ1n) is 6.62. The summed E-state index contributed by atoms with van der Waals surface area (Å²) in [7, 11) is -4.07. The van der Waals surface area contributed by atoms with E-state index in [0.29, 0.717) is 23.7 Å². The van der Waals surface area contributed by atoms with Crippen LogP contribution in [-0.4, -0.2) is 38.0 Å². The zero-order valence-corrected chi connectivity index (χ0v) is 13.1. The van der Waals surface area contributed by atoms with Crippen molar-refractivity contribution in [2.75, 3.05) is 13.1 Å². The van der Waals surface area contributed by atoms with Gasteiger partial charge in [-0.2, -0.15) is 17.5 Å². The lowest BCUT2D eigenvalue weighted by Crippen LogP contribution is -2.40. The first-order valence-corrected chi connectivity index (χ1v) is 8.87. The Morgan fingerprint density at radius 3 is 2.57 bits per heavy atom. The molecule has 0 unspecified atom stereocenters. The fraction of sp³-hybridized carbons (Fsp3) is 0.667. The highest BCUT2D eigenvalue weighted by molar-refractivity contribution is 7.91. The standard InChI is InChI=1S/C12H17F3N2O2S2/c1-2-16-7-10-5-6-11(20-10)21(18,19)17(9-3-4-9)8-12(13,14)15/h5-6,9,16H,2-4,7-8H2,1H3. The van der Waals surface area contributed by atoms with Crippen molar-refractivity contribution >= 4 is 21.4 Å². The minimum atomic E-state index is -4.53. The van der Waals surface area contributed by atoms with E-state index < -0.39 is 28.8 Å². The molecule has 2 rings (SSSR count). The van der Waals surface area contributed by atoms with Gasteiger partial charge in [0.2, 0.25) is 0 Å². The van der Waals surface area contributed by atoms with Crippen LogP contribution < -0.4 is 5.32 Å². The molecule has 0 atom stereocenters. The first kappa shape index (κ1) is 16.7. The van der Waals surface area contributed by atoms with E-state index in [1.54, 1.807) is 6.07 Å². The van der Waals surface area contributed by atoms with Gasteiger partial charge in [-0.05, 0) is 31.5 Å². The summed E-state index contributed by atoms with van der Waals surface area (Å²) in [6.45, 7) is 1.76. The molecule has 1 aliphatic carbocycles. The smallest absolute Gasteiger partial charge is 0.312 e. The summed E-state index contributed by atoms with van der Waals surface area (Å²) in [6, 6.07) is 2.51. The van der Waals surface area contributed by atoms with Gasteiger partial charge in [-0.25, -0.2) is 8.42 Å². The Balaban J connectivity index is 2.20. The van der Waals surface area contributed by atoms with E-state index in [0.717, 1.165) is 22.8 Å². The third kappa shape index (κ3) is 4.41. The van der Waals surface area contributed by atoms with Crippen molar-refractivity contribution in [2.24, 2.45) is 0 Å². The maximum absolute atomic E-state index is 12.6. The largest absolute Gasteiger partial charge is 0.402 e. The number of hydrogen-bond acceptors (Lipinski definition) is 4. The van der Waals surface area contributed by atoms with Gasteiger partial charge in [-0.3, -0.25) is 0 Å². The van der Waals surface area contributed by atoms with Crippen LogP contribution in [-0.2, 0) is 16.6 Å². The number of nitrogens with one attached hydrogen (secondary N) is 1. The van der Waals surface area contributed by atoms with E-state index in [9.17, 15) is 21.6 Å². The van der Waals surface area contributed by atoms with E-state index >= 15 is 0 Å². The van der Waals surface area contributed by atoms with Crippen molar-refractivity contribution in [3.63, 3.8) is 0 Å². The molecule has 1 aliphatic rings. The van der Waals surface area contributed by atoms with Crippen molar-refractivity contribution in [3.05, 3.63) is 17.0 Å². The topological polar surface area (TPSA) is 49.4 Å². The van der Waals surface area contributed by atoms with Gasteiger partial charge in [0.25, 0.3) is 10.0 Å². The summed E-state index contributed by atoms with van der Waals surface area (Å²) in [5.41, 5.74) is 0. The van der Waals surface area contributed by atoms with Crippen LogP contribution in [0.3, 0.4) is 0 Å². The van der Waals surface area contributed by atoms with Crippen LogP contribution in [0.2, 0.25) is 0 Å². The number of halogens is 3. The van der Waals surface area contributed by atoms with Gasteiger partial charge < -0.3 is 5.32 Å². The van der Waals surface area contributed by atoms with E-state index in [2.05, 4.69) is 5.32 Å². The summed E-state index contributed by atoms with van der Waals surface area (Å²) in [6.07, 6.45) is -3.55. The summed E-state index contributed by atoms with van der Waals surface area (Å²) in [5, 5.41) is 3.05.